The van der Waals surface area contributed by atoms with Gasteiger partial charge in [0, 0.05) is 24.8 Å². The van der Waals surface area contributed by atoms with Crippen LogP contribution >= 0.6 is 35.3 Å². The lowest BCUT2D eigenvalue weighted by Gasteiger charge is -2.49. The van der Waals surface area contributed by atoms with E-state index in [0.29, 0.717) is 15.9 Å². The van der Waals surface area contributed by atoms with Crippen molar-refractivity contribution in [3.05, 3.63) is 63.2 Å². The van der Waals surface area contributed by atoms with Crippen molar-refractivity contribution in [1.82, 2.24) is 55.9 Å². The number of rotatable bonds is 10. The van der Waals surface area contributed by atoms with Crippen molar-refractivity contribution in [1.29, 1.82) is 0 Å². The van der Waals surface area contributed by atoms with Gasteiger partial charge in [-0.25, -0.2) is 19.4 Å². The summed E-state index contributed by atoms with van der Waals surface area (Å²) in [6.45, 7) is 0. The fourth-order valence-corrected chi connectivity index (χ4v) is 7.52. The maximum absolute atomic E-state index is 13.7. The molecule has 0 aliphatic carbocycles. The van der Waals surface area contributed by atoms with Gasteiger partial charge in [-0.1, -0.05) is 35.7 Å². The van der Waals surface area contributed by atoms with E-state index >= 15 is 0 Å². The molecule has 242 valence electrons. The molecule has 2 aliphatic heterocycles. The lowest BCUT2D eigenvalue weighted by Crippen LogP contribution is -2.71. The number of nitrogens with zero attached hydrogens (tertiary/aromatic N) is 8. The van der Waals surface area contributed by atoms with Crippen LogP contribution < -0.4 is 16.1 Å². The number of aryl methyl sites for hydroxylation is 1. The maximum Gasteiger partial charge on any atom is 0.352 e. The Balaban J connectivity index is 1.22. The molecule has 5 N–H and O–H groups in total. The molecular weight excluding hydrogens is 675 g/mol. The number of benzene rings is 1. The Hall–Kier alpha value is -5.02. The first-order valence-corrected chi connectivity index (χ1v) is 16.8. The van der Waals surface area contributed by atoms with Crippen molar-refractivity contribution < 1.29 is 29.4 Å². The molecule has 5 heterocycles. The number of β-lactam (4-membered cyclic amide) rings is 1. The number of hydrogen-bond acceptors (Lipinski definition) is 15. The third kappa shape index (κ3) is 6.11. The summed E-state index contributed by atoms with van der Waals surface area (Å²) >= 11 is 3.74. The molecule has 0 saturated carbocycles. The van der Waals surface area contributed by atoms with Crippen LogP contribution in [0.2, 0.25) is 0 Å². The number of amides is 3. The van der Waals surface area contributed by atoms with Gasteiger partial charge in [-0.2, -0.15) is 5.10 Å². The molecule has 1 saturated heterocycles. The van der Waals surface area contributed by atoms with E-state index in [1.54, 1.807) is 13.3 Å². The highest BCUT2D eigenvalue weighted by Gasteiger charge is 2.54. The molecule has 3 aromatic heterocycles. The van der Waals surface area contributed by atoms with Crippen LogP contribution in [0.4, 0.5) is 0 Å². The minimum atomic E-state index is -1.44. The van der Waals surface area contributed by atoms with Crippen LogP contribution in [0.5, 0.6) is 5.75 Å². The topological polar surface area (TPSA) is 251 Å². The van der Waals surface area contributed by atoms with E-state index in [2.05, 4.69) is 46.3 Å². The molecule has 3 atom stereocenters. The van der Waals surface area contributed by atoms with Crippen LogP contribution in [0.1, 0.15) is 22.1 Å². The van der Waals surface area contributed by atoms with Crippen LogP contribution in [-0.2, 0) is 21.4 Å². The van der Waals surface area contributed by atoms with Gasteiger partial charge in [0.05, 0.1) is 5.39 Å². The first-order chi connectivity index (χ1) is 22.6. The monoisotopic (exact) mass is 697 g/mol. The number of carboxylic acid groups (broad SMARTS) is 1. The first kappa shape index (κ1) is 31.9. The van der Waals surface area contributed by atoms with Crippen molar-refractivity contribution >= 4 is 70.0 Å². The number of fused-ring (bicyclic) bond motifs is 2. The number of H-pyrrole nitrogens is 1. The first-order valence-electron chi connectivity index (χ1n) is 13.5. The number of hydrogen-bond donors (Lipinski definition) is 5. The Kier molecular flexibility index (Phi) is 8.84. The number of aliphatic carboxylic acids is 1. The van der Waals surface area contributed by atoms with E-state index in [-0.39, 0.29) is 39.5 Å². The van der Waals surface area contributed by atoms with Crippen LogP contribution in [0.15, 0.2) is 56.8 Å². The largest absolute Gasteiger partial charge is 0.508 e. The molecule has 0 bridgehead atoms. The smallest absolute Gasteiger partial charge is 0.352 e. The zero-order chi connectivity index (χ0) is 33.4. The van der Waals surface area contributed by atoms with E-state index in [9.17, 15) is 34.2 Å². The third-order valence-electron chi connectivity index (χ3n) is 7.17. The van der Waals surface area contributed by atoms with E-state index in [4.69, 9.17) is 0 Å². The summed E-state index contributed by atoms with van der Waals surface area (Å²) in [4.78, 5) is 75.0. The zero-order valence-corrected chi connectivity index (χ0v) is 26.7. The molecule has 0 radical (unpaired) electrons. The molecular formula is C26H23N11O7S3. The van der Waals surface area contributed by atoms with Crippen molar-refractivity contribution in [3.63, 3.8) is 0 Å². The third-order valence-corrected chi connectivity index (χ3v) is 10.2. The molecule has 47 heavy (non-hydrogen) atoms. The number of carboxylic acids is 1. The van der Waals surface area contributed by atoms with Gasteiger partial charge < -0.3 is 20.8 Å². The molecule has 21 heteroatoms. The highest BCUT2D eigenvalue weighted by atomic mass is 32.2. The standard InChI is InChI=1S/C26H23N11O7S3/c1-36-26(33-34-35-36)47-9-11-8-46-23-16(22(42)37(23)17(11)24(43)44)29-20(40)14(10-3-5-12(38)6-4-10)28-21(41)15-18(39)13-7-27-25(45-2)30-19(13)32-31-15/h3-7,14,16,23,38H,8-9H2,1-2H3,(H,28,41)(H,29,40)(H,43,44)(H,27,30,32,39)/t14?,16?,23-/m1/s1. The van der Waals surface area contributed by atoms with Gasteiger partial charge in [0.1, 0.15) is 28.9 Å². The number of aromatic hydroxyl groups is 1. The number of aromatic amines is 1. The predicted molar refractivity (Wildman–Crippen MR) is 167 cm³/mol. The Morgan fingerprint density at radius 2 is 1.98 bits per heavy atom. The van der Waals surface area contributed by atoms with E-state index in [1.807, 2.05) is 0 Å². The summed E-state index contributed by atoms with van der Waals surface area (Å²) in [6.07, 6.45) is 3.02. The molecule has 2 aliphatic rings. The minimum absolute atomic E-state index is 0.0105. The normalized spacial score (nSPS) is 18.0. The van der Waals surface area contributed by atoms with Gasteiger partial charge in [-0.05, 0) is 40.0 Å². The number of phenols is 1. The van der Waals surface area contributed by atoms with Crippen molar-refractivity contribution in [3.8, 4) is 5.75 Å². The quantitative estimate of drug-likeness (QED) is 0.0808. The minimum Gasteiger partial charge on any atom is -0.508 e. The number of carbonyl (C=O) groups excluding carboxylic acids is 3. The second-order valence-electron chi connectivity index (χ2n) is 10.0. The van der Waals surface area contributed by atoms with Gasteiger partial charge >= 0.3 is 5.97 Å². The van der Waals surface area contributed by atoms with E-state index in [1.165, 1.54) is 70.4 Å². The van der Waals surface area contributed by atoms with Gasteiger partial charge in [0.15, 0.2) is 16.5 Å². The molecule has 2 unspecified atom stereocenters. The van der Waals surface area contributed by atoms with Crippen LogP contribution in [0.25, 0.3) is 11.0 Å². The fraction of sp³-hybridized carbons (Fsp3) is 0.269. The van der Waals surface area contributed by atoms with Gasteiger partial charge in [0.25, 0.3) is 11.8 Å². The number of carbonyl (C=O) groups is 4. The van der Waals surface area contributed by atoms with Crippen molar-refractivity contribution in [2.75, 3.05) is 17.8 Å². The van der Waals surface area contributed by atoms with Crippen molar-refractivity contribution in [2.45, 2.75) is 27.8 Å². The summed E-state index contributed by atoms with van der Waals surface area (Å²) in [5.74, 6) is -3.38. The number of tetrazole rings is 1. The Labute approximate surface area is 276 Å². The van der Waals surface area contributed by atoms with Crippen molar-refractivity contribution in [2.24, 2.45) is 7.05 Å². The van der Waals surface area contributed by atoms with Crippen LogP contribution in [0.3, 0.4) is 0 Å². The highest BCUT2D eigenvalue weighted by Crippen LogP contribution is 2.41. The second-order valence-corrected chi connectivity index (χ2v) is 12.9. The highest BCUT2D eigenvalue weighted by molar-refractivity contribution is 8.01. The molecule has 3 amide bonds. The summed E-state index contributed by atoms with van der Waals surface area (Å²) in [5, 5.41) is 42.6. The summed E-state index contributed by atoms with van der Waals surface area (Å²) in [7, 11) is 1.65. The molecule has 1 aromatic carbocycles. The lowest BCUT2D eigenvalue weighted by molar-refractivity contribution is -0.151. The van der Waals surface area contributed by atoms with E-state index < -0.39 is 52.3 Å². The number of aromatic nitrogens is 8. The van der Waals surface area contributed by atoms with Gasteiger partial charge in [-0.3, -0.25) is 29.2 Å². The molecule has 18 nitrogen and oxygen atoms in total. The average Bonchev–Trinajstić information content (AvgIpc) is 3.48. The number of phenolic OH excluding ortho intramolecular Hbond substituents is 1. The fourth-order valence-electron chi connectivity index (χ4n) is 4.85. The Bertz CT molecular complexity index is 2020. The SMILES string of the molecule is CSc1ncc2c(=O)c(C(=O)NC(C(=O)NC3C(=O)N4C(C(=O)O)=C(CSc5nnnn5C)CS[C@H]34)c3ccc(O)cc3)n[nH]c2n1. The molecule has 4 aromatic rings. The summed E-state index contributed by atoms with van der Waals surface area (Å²) < 4.78 is 1.44. The zero-order valence-electron chi connectivity index (χ0n) is 24.3. The summed E-state index contributed by atoms with van der Waals surface area (Å²) in [6, 6.07) is 2.84. The maximum atomic E-state index is 13.7. The van der Waals surface area contributed by atoms with Gasteiger partial charge in [0.2, 0.25) is 16.5 Å². The van der Waals surface area contributed by atoms with Crippen LogP contribution in [0, 0.1) is 0 Å². The number of nitrogens with one attached hydrogen (secondary N) is 3. The van der Waals surface area contributed by atoms with Gasteiger partial charge in [-0.15, -0.1) is 16.9 Å². The predicted octanol–water partition coefficient (Wildman–Crippen LogP) is -0.334. The van der Waals surface area contributed by atoms with Crippen LogP contribution in [-0.4, -0.2) is 108 Å². The van der Waals surface area contributed by atoms with E-state index in [0.717, 1.165) is 4.90 Å². The molecule has 6 rings (SSSR count). The summed E-state index contributed by atoms with van der Waals surface area (Å²) in [5.41, 5.74) is -0.661. The average molecular weight is 698 g/mol. The second kappa shape index (κ2) is 13.0. The Morgan fingerprint density at radius 1 is 1.21 bits per heavy atom. The Morgan fingerprint density at radius 3 is 2.66 bits per heavy atom. The number of thioether (sulfide) groups is 3. The molecule has 0 spiro atoms. The lowest BCUT2D eigenvalue weighted by atomic mass is 10.0. The molecule has 1 fully saturated rings.